The van der Waals surface area contributed by atoms with Gasteiger partial charge in [0.25, 0.3) is 0 Å². The summed E-state index contributed by atoms with van der Waals surface area (Å²) >= 11 is 0. The van der Waals surface area contributed by atoms with Crippen molar-refractivity contribution in [3.05, 3.63) is 34.8 Å². The Morgan fingerprint density at radius 1 is 1.50 bits per heavy atom. The number of halogens is 1. The van der Waals surface area contributed by atoms with Gasteiger partial charge in [0.2, 0.25) is 5.96 Å². The minimum atomic E-state index is -0.615. The molecule has 0 amide bonds. The van der Waals surface area contributed by atoms with E-state index in [1.807, 2.05) is 0 Å². The van der Waals surface area contributed by atoms with Gasteiger partial charge < -0.3 is 10.7 Å². The van der Waals surface area contributed by atoms with Crippen molar-refractivity contribution < 1.29 is 14.8 Å². The lowest BCUT2D eigenvalue weighted by Gasteiger charge is -2.10. The SMILES string of the molecule is CN=C(N[O-])N/N=C/c1cc(N(O)O)ccc1F. The van der Waals surface area contributed by atoms with Crippen LogP contribution in [0.4, 0.5) is 10.1 Å². The first-order valence-electron chi connectivity index (χ1n) is 4.70. The van der Waals surface area contributed by atoms with E-state index in [0.29, 0.717) is 0 Å². The van der Waals surface area contributed by atoms with Crippen molar-refractivity contribution in [3.8, 4) is 0 Å². The van der Waals surface area contributed by atoms with Gasteiger partial charge in [-0.3, -0.25) is 15.4 Å². The predicted molar refractivity (Wildman–Crippen MR) is 63.0 cm³/mol. The number of nitrogens with one attached hydrogen (secondary N) is 2. The average Bonchev–Trinajstić information content (AvgIpc) is 2.36. The molecule has 98 valence electrons. The van der Waals surface area contributed by atoms with E-state index < -0.39 is 5.82 Å². The standard InChI is InChI=1S/C9H11FN5O3/c1-11-9(14-16)13-12-5-6-4-7(15(17)18)2-3-8(6)10/h2-5,17-18H,1H3,(H2-,11,13,14,16)/q-1/b12-5+. The molecule has 9 heteroatoms. The zero-order valence-corrected chi connectivity index (χ0v) is 9.33. The van der Waals surface area contributed by atoms with Crippen LogP contribution in [0.25, 0.3) is 0 Å². The molecule has 0 saturated heterocycles. The lowest BCUT2D eigenvalue weighted by molar-refractivity contribution is 0.0291. The van der Waals surface area contributed by atoms with Crippen molar-refractivity contribution in [1.82, 2.24) is 10.9 Å². The zero-order valence-electron chi connectivity index (χ0n) is 9.33. The smallest absolute Gasteiger partial charge is 0.200 e. The molecule has 0 saturated carbocycles. The van der Waals surface area contributed by atoms with E-state index in [4.69, 9.17) is 10.4 Å². The van der Waals surface area contributed by atoms with Crippen molar-refractivity contribution >= 4 is 17.9 Å². The molecule has 0 atom stereocenters. The van der Waals surface area contributed by atoms with Gasteiger partial charge in [0.05, 0.1) is 11.9 Å². The van der Waals surface area contributed by atoms with Crippen LogP contribution in [0, 0.1) is 11.0 Å². The average molecular weight is 256 g/mol. The number of benzene rings is 1. The number of hydrazone groups is 1. The summed E-state index contributed by atoms with van der Waals surface area (Å²) in [6.07, 6.45) is 1.06. The second kappa shape index (κ2) is 6.49. The number of guanidine groups is 1. The van der Waals surface area contributed by atoms with Gasteiger partial charge in [0, 0.05) is 12.6 Å². The number of hydrogen-bond donors (Lipinski definition) is 4. The van der Waals surface area contributed by atoms with E-state index in [9.17, 15) is 9.60 Å². The summed E-state index contributed by atoms with van der Waals surface area (Å²) < 4.78 is 13.3. The molecular weight excluding hydrogens is 245 g/mol. The number of hydroxylamine groups is 1. The summed E-state index contributed by atoms with van der Waals surface area (Å²) in [5.41, 5.74) is 3.67. The van der Waals surface area contributed by atoms with Crippen molar-refractivity contribution in [2.75, 3.05) is 12.3 Å². The summed E-state index contributed by atoms with van der Waals surface area (Å²) in [6, 6.07) is 3.35. The Balaban J connectivity index is 2.83. The van der Waals surface area contributed by atoms with Crippen LogP contribution >= 0.6 is 0 Å². The van der Waals surface area contributed by atoms with Gasteiger partial charge in [-0.25, -0.2) is 9.82 Å². The molecule has 0 aromatic heterocycles. The van der Waals surface area contributed by atoms with Crippen LogP contribution in [0.3, 0.4) is 0 Å². The molecule has 0 aliphatic rings. The first-order valence-corrected chi connectivity index (χ1v) is 4.70. The first kappa shape index (κ1) is 13.8. The largest absolute Gasteiger partial charge is 0.759 e. The van der Waals surface area contributed by atoms with Crippen molar-refractivity contribution in [2.45, 2.75) is 0 Å². The van der Waals surface area contributed by atoms with Crippen LogP contribution in [-0.2, 0) is 0 Å². The highest BCUT2D eigenvalue weighted by Crippen LogP contribution is 2.15. The third kappa shape index (κ3) is 3.66. The predicted octanol–water partition coefficient (Wildman–Crippen LogP) is 0.407. The van der Waals surface area contributed by atoms with E-state index >= 15 is 0 Å². The fraction of sp³-hybridized carbons (Fsp3) is 0.111. The van der Waals surface area contributed by atoms with Gasteiger partial charge in [-0.2, -0.15) is 5.10 Å². The van der Waals surface area contributed by atoms with Crippen LogP contribution < -0.4 is 16.1 Å². The second-order valence-electron chi connectivity index (χ2n) is 3.04. The van der Waals surface area contributed by atoms with Crippen LogP contribution in [0.2, 0.25) is 0 Å². The van der Waals surface area contributed by atoms with Gasteiger partial charge in [0.15, 0.2) is 0 Å². The summed E-state index contributed by atoms with van der Waals surface area (Å²) in [5.74, 6) is -0.759. The zero-order chi connectivity index (χ0) is 13.5. The Kier molecular flexibility index (Phi) is 4.99. The monoisotopic (exact) mass is 256 g/mol. The van der Waals surface area contributed by atoms with Crippen molar-refractivity contribution in [3.63, 3.8) is 0 Å². The summed E-state index contributed by atoms with van der Waals surface area (Å²) in [4.78, 5) is 3.49. The molecule has 18 heavy (non-hydrogen) atoms. The fourth-order valence-electron chi connectivity index (χ4n) is 1.04. The minimum absolute atomic E-state index is 0.00514. The van der Waals surface area contributed by atoms with Crippen LogP contribution in [-0.4, -0.2) is 29.6 Å². The van der Waals surface area contributed by atoms with E-state index in [1.54, 1.807) is 0 Å². The number of rotatable bonds is 3. The lowest BCUT2D eigenvalue weighted by Crippen LogP contribution is -2.29. The fourth-order valence-corrected chi connectivity index (χ4v) is 1.04. The molecule has 0 aliphatic carbocycles. The van der Waals surface area contributed by atoms with E-state index in [2.05, 4.69) is 15.5 Å². The molecular formula is C9H11FN5O3-. The quantitative estimate of drug-likeness (QED) is 0.353. The maximum absolute atomic E-state index is 13.3. The number of aliphatic imine (C=N–C) groups is 1. The first-order chi connectivity index (χ1) is 8.58. The van der Waals surface area contributed by atoms with E-state index in [-0.39, 0.29) is 22.4 Å². The van der Waals surface area contributed by atoms with Gasteiger partial charge in [-0.15, -0.1) is 5.23 Å². The molecule has 8 nitrogen and oxygen atoms in total. The number of hydrogen-bond acceptors (Lipinski definition) is 6. The minimum Gasteiger partial charge on any atom is -0.759 e. The molecule has 0 fully saturated rings. The second-order valence-corrected chi connectivity index (χ2v) is 3.04. The molecule has 1 aromatic rings. The Bertz CT molecular complexity index is 464. The number of anilines is 1. The van der Waals surface area contributed by atoms with E-state index in [0.717, 1.165) is 24.4 Å². The summed E-state index contributed by atoms with van der Waals surface area (Å²) in [6.45, 7) is 0. The molecule has 0 spiro atoms. The maximum atomic E-state index is 13.3. The van der Waals surface area contributed by atoms with Crippen molar-refractivity contribution in [1.29, 1.82) is 0 Å². The number of nitrogens with zero attached hydrogens (tertiary/aromatic N) is 3. The summed E-state index contributed by atoms with van der Waals surface area (Å²) in [5, 5.41) is 31.2. The molecule has 0 bridgehead atoms. The molecule has 0 aliphatic heterocycles. The molecule has 1 rings (SSSR count). The van der Waals surface area contributed by atoms with Crippen LogP contribution in [0.5, 0.6) is 0 Å². The molecule has 1 aromatic carbocycles. The lowest BCUT2D eigenvalue weighted by atomic mass is 10.2. The van der Waals surface area contributed by atoms with Gasteiger partial charge >= 0.3 is 0 Å². The van der Waals surface area contributed by atoms with Gasteiger partial charge in [-0.05, 0) is 18.2 Å². The maximum Gasteiger partial charge on any atom is 0.200 e. The van der Waals surface area contributed by atoms with Crippen LogP contribution in [0.1, 0.15) is 5.56 Å². The normalized spacial score (nSPS) is 11.7. The Morgan fingerprint density at radius 3 is 2.78 bits per heavy atom. The Labute approximate surface area is 102 Å². The van der Waals surface area contributed by atoms with Crippen molar-refractivity contribution in [2.24, 2.45) is 10.1 Å². The third-order valence-corrected chi connectivity index (χ3v) is 1.90. The Morgan fingerprint density at radius 2 is 2.22 bits per heavy atom. The molecule has 4 N–H and O–H groups in total. The van der Waals surface area contributed by atoms with E-state index in [1.165, 1.54) is 12.5 Å². The highest BCUT2D eigenvalue weighted by Gasteiger charge is 2.04. The topological polar surface area (TPSA) is 116 Å². The van der Waals surface area contributed by atoms with Crippen LogP contribution in [0.15, 0.2) is 28.3 Å². The highest BCUT2D eigenvalue weighted by molar-refractivity contribution is 5.85. The molecule has 0 heterocycles. The van der Waals surface area contributed by atoms with Gasteiger partial charge in [0.1, 0.15) is 5.82 Å². The summed E-state index contributed by atoms with van der Waals surface area (Å²) in [7, 11) is 1.36. The molecule has 0 radical (unpaired) electrons. The highest BCUT2D eigenvalue weighted by atomic mass is 19.1. The van der Waals surface area contributed by atoms with Gasteiger partial charge in [-0.1, -0.05) is 0 Å². The molecule has 0 unspecified atom stereocenters. The Hall–Kier alpha value is -2.23. The third-order valence-electron chi connectivity index (χ3n) is 1.90.